The van der Waals surface area contributed by atoms with Gasteiger partial charge in [0.15, 0.2) is 0 Å². The second-order valence-electron chi connectivity index (χ2n) is 0. The number of hydrogen-bond donors (Lipinski definition) is 1. The molecule has 0 saturated carbocycles. The predicted molar refractivity (Wildman–Crippen MR) is 17.5 cm³/mol. The van der Waals surface area contributed by atoms with Crippen molar-refractivity contribution in [3.05, 3.63) is 0 Å². The molecule has 3 radical (unpaired) electrons. The normalized spacial score (nSPS) is 0. The molecule has 0 rings (SSSR count). The fourth-order valence-corrected chi connectivity index (χ4v) is 0. The summed E-state index contributed by atoms with van der Waals surface area (Å²) in [5.41, 5.74) is 0. The first-order valence-electron chi connectivity index (χ1n) is 0. The second-order valence-corrected chi connectivity index (χ2v) is 0. The molecule has 0 amide bonds. The van der Waals surface area contributed by atoms with E-state index in [0.717, 1.165) is 0 Å². The minimum Gasteiger partial charge on any atom is -0.344 e. The SMILES string of the molecule is C.N.[B].[Ti]. The Morgan fingerprint density at radius 2 is 1.00 bits per heavy atom. The number of hydrogen-bond acceptors (Lipinski definition) is 1. The van der Waals surface area contributed by atoms with E-state index in [2.05, 4.69) is 0 Å². The van der Waals surface area contributed by atoms with Crippen LogP contribution in [0.3, 0.4) is 0 Å². The Morgan fingerprint density at radius 3 is 1.00 bits per heavy atom. The van der Waals surface area contributed by atoms with E-state index < -0.39 is 0 Å². The Balaban J connectivity index is 0. The van der Waals surface area contributed by atoms with Crippen molar-refractivity contribution in [3.8, 4) is 0 Å². The summed E-state index contributed by atoms with van der Waals surface area (Å²) in [7, 11) is 0. The largest absolute Gasteiger partial charge is 0.344 e. The third-order valence-corrected chi connectivity index (χ3v) is 0. The average Bonchev–Trinajstić information content (AvgIpc) is 0. The number of rotatable bonds is 0. The molecule has 3 N–H and O–H groups in total. The van der Waals surface area contributed by atoms with Crippen molar-refractivity contribution >= 4 is 8.41 Å². The Bertz CT molecular complexity index is 8.00. The van der Waals surface area contributed by atoms with Gasteiger partial charge in [0, 0.05) is 30.1 Å². The molecule has 0 atom stereocenters. The van der Waals surface area contributed by atoms with Crippen molar-refractivity contribution in [3.63, 3.8) is 0 Å². The van der Waals surface area contributed by atoms with Gasteiger partial charge in [-0.3, -0.25) is 0 Å². The topological polar surface area (TPSA) is 35.0 Å². The molecule has 0 saturated heterocycles. The smallest absolute Gasteiger partial charge is 0 e. The fraction of sp³-hybridized carbons (Fsp3) is 1.00. The summed E-state index contributed by atoms with van der Waals surface area (Å²) < 4.78 is 0. The quantitative estimate of drug-likeness (QED) is 0.431. The molecule has 0 aromatic heterocycles. The molecular formula is CH7BNTi. The predicted octanol–water partition coefficient (Wildman–Crippen LogP) is 0.415. The molecule has 0 aliphatic heterocycles. The summed E-state index contributed by atoms with van der Waals surface area (Å²) in [5, 5.41) is 0. The van der Waals surface area contributed by atoms with Crippen molar-refractivity contribution in [2.45, 2.75) is 7.43 Å². The van der Waals surface area contributed by atoms with Crippen LogP contribution in [0.2, 0.25) is 0 Å². The van der Waals surface area contributed by atoms with Crippen LogP contribution in [0.1, 0.15) is 7.43 Å². The van der Waals surface area contributed by atoms with Crippen molar-refractivity contribution in [1.29, 1.82) is 0 Å². The summed E-state index contributed by atoms with van der Waals surface area (Å²) in [6.45, 7) is 0. The van der Waals surface area contributed by atoms with Crippen LogP contribution in [0.15, 0.2) is 0 Å². The molecule has 0 aliphatic rings. The molecule has 0 heterocycles. The molecule has 23 valence electrons. The van der Waals surface area contributed by atoms with Crippen LogP contribution in [0.4, 0.5) is 0 Å². The van der Waals surface area contributed by atoms with Gasteiger partial charge in [-0.2, -0.15) is 0 Å². The van der Waals surface area contributed by atoms with E-state index in [1.807, 2.05) is 0 Å². The third-order valence-electron chi connectivity index (χ3n) is 0. The molecule has 4 heavy (non-hydrogen) atoms. The van der Waals surface area contributed by atoms with E-state index in [1.54, 1.807) is 0 Å². The standard InChI is InChI=1S/CH4.B.H3N.Ti/h1H4;;1H3;. The Labute approximate surface area is 44.2 Å². The summed E-state index contributed by atoms with van der Waals surface area (Å²) in [6.07, 6.45) is 0. The van der Waals surface area contributed by atoms with Gasteiger partial charge in [0.05, 0.1) is 0 Å². The van der Waals surface area contributed by atoms with Gasteiger partial charge in [-0.05, 0) is 0 Å². The van der Waals surface area contributed by atoms with E-state index in [0.29, 0.717) is 0 Å². The molecule has 3 heteroatoms. The van der Waals surface area contributed by atoms with Crippen LogP contribution < -0.4 is 6.15 Å². The van der Waals surface area contributed by atoms with Gasteiger partial charge in [0.2, 0.25) is 0 Å². The molecule has 0 aliphatic carbocycles. The summed E-state index contributed by atoms with van der Waals surface area (Å²) >= 11 is 0. The van der Waals surface area contributed by atoms with E-state index in [-0.39, 0.29) is 43.7 Å². The molecule has 0 aromatic carbocycles. The zero-order chi connectivity index (χ0) is 0. The Kier molecular flexibility index (Phi) is 1560. The maximum atomic E-state index is 0. The van der Waals surface area contributed by atoms with Gasteiger partial charge in [-0.15, -0.1) is 0 Å². The maximum absolute atomic E-state index is 0. The second kappa shape index (κ2) is 51.3. The van der Waals surface area contributed by atoms with Crippen LogP contribution in [0.5, 0.6) is 0 Å². The molecular weight excluding hydrogens is 84.7 g/mol. The minimum atomic E-state index is 0. The van der Waals surface area contributed by atoms with Crippen molar-refractivity contribution < 1.29 is 21.7 Å². The van der Waals surface area contributed by atoms with Gasteiger partial charge in [-0.25, -0.2) is 0 Å². The summed E-state index contributed by atoms with van der Waals surface area (Å²) in [5.74, 6) is 0. The third kappa shape index (κ3) is 15.2. The summed E-state index contributed by atoms with van der Waals surface area (Å²) in [6, 6.07) is 0. The van der Waals surface area contributed by atoms with Gasteiger partial charge in [0.1, 0.15) is 0 Å². The monoisotopic (exact) mass is 92.0 g/mol. The average molecular weight is 91.8 g/mol. The molecule has 1 nitrogen and oxygen atoms in total. The first-order chi connectivity index (χ1) is 0. The van der Waals surface area contributed by atoms with Crippen molar-refractivity contribution in [1.82, 2.24) is 6.15 Å². The van der Waals surface area contributed by atoms with E-state index >= 15 is 0 Å². The zero-order valence-corrected chi connectivity index (χ0v) is 3.35. The van der Waals surface area contributed by atoms with Gasteiger partial charge in [-0.1, -0.05) is 7.43 Å². The van der Waals surface area contributed by atoms with Gasteiger partial charge >= 0.3 is 0 Å². The van der Waals surface area contributed by atoms with Crippen LogP contribution in [0.25, 0.3) is 0 Å². The van der Waals surface area contributed by atoms with Gasteiger partial charge < -0.3 is 6.15 Å². The molecule has 0 spiro atoms. The molecule has 0 bridgehead atoms. The van der Waals surface area contributed by atoms with E-state index in [9.17, 15) is 0 Å². The van der Waals surface area contributed by atoms with E-state index in [4.69, 9.17) is 0 Å². The van der Waals surface area contributed by atoms with Crippen molar-refractivity contribution in [2.24, 2.45) is 0 Å². The van der Waals surface area contributed by atoms with E-state index in [1.165, 1.54) is 0 Å². The molecule has 0 aromatic rings. The van der Waals surface area contributed by atoms with Crippen LogP contribution >= 0.6 is 0 Å². The van der Waals surface area contributed by atoms with Crippen LogP contribution in [0, 0.1) is 0 Å². The zero-order valence-electron chi connectivity index (χ0n) is 1.78. The summed E-state index contributed by atoms with van der Waals surface area (Å²) in [4.78, 5) is 0. The molecule has 0 unspecified atom stereocenters. The fourth-order valence-electron chi connectivity index (χ4n) is 0. The van der Waals surface area contributed by atoms with Gasteiger partial charge in [0.25, 0.3) is 0 Å². The first kappa shape index (κ1) is 121. The first-order valence-corrected chi connectivity index (χ1v) is 0. The van der Waals surface area contributed by atoms with Crippen LogP contribution in [-0.4, -0.2) is 8.41 Å². The Hall–Kier alpha value is 0.739. The Morgan fingerprint density at radius 1 is 1.00 bits per heavy atom. The van der Waals surface area contributed by atoms with Crippen LogP contribution in [-0.2, 0) is 21.7 Å². The maximum Gasteiger partial charge on any atom is 0 e. The molecule has 0 fully saturated rings. The minimum absolute atomic E-state index is 0. The van der Waals surface area contributed by atoms with Crippen molar-refractivity contribution in [2.75, 3.05) is 0 Å².